The van der Waals surface area contributed by atoms with E-state index in [1.807, 2.05) is 0 Å². The molecule has 3 N–H and O–H groups in total. The van der Waals surface area contributed by atoms with Gasteiger partial charge in [0.15, 0.2) is 5.82 Å². The standard InChI is InChI=1S/C12H14N4O3/c13-9-2-1-3-10(6-9)18-5-4-12(17)14-7-11-15-8-19-16-11/h1-3,6,8H,4-5,7,13H2,(H,14,17). The number of amides is 1. The van der Waals surface area contributed by atoms with E-state index in [-0.39, 0.29) is 25.5 Å². The first-order valence-corrected chi connectivity index (χ1v) is 5.74. The van der Waals surface area contributed by atoms with Gasteiger partial charge in [0.1, 0.15) is 5.75 Å². The molecule has 0 spiro atoms. The summed E-state index contributed by atoms with van der Waals surface area (Å²) in [5, 5.41) is 6.23. The molecule has 1 aromatic heterocycles. The minimum Gasteiger partial charge on any atom is -0.493 e. The Balaban J connectivity index is 1.66. The van der Waals surface area contributed by atoms with Crippen molar-refractivity contribution in [1.82, 2.24) is 15.5 Å². The largest absolute Gasteiger partial charge is 0.493 e. The van der Waals surface area contributed by atoms with Crippen LogP contribution in [-0.2, 0) is 11.3 Å². The van der Waals surface area contributed by atoms with Crippen LogP contribution in [-0.4, -0.2) is 22.7 Å². The molecule has 2 rings (SSSR count). The lowest BCUT2D eigenvalue weighted by Gasteiger charge is -2.06. The normalized spacial score (nSPS) is 10.1. The van der Waals surface area contributed by atoms with Crippen molar-refractivity contribution in [3.05, 3.63) is 36.5 Å². The fourth-order valence-electron chi connectivity index (χ4n) is 1.40. The van der Waals surface area contributed by atoms with Gasteiger partial charge in [-0.2, -0.15) is 4.98 Å². The zero-order valence-electron chi connectivity index (χ0n) is 10.2. The van der Waals surface area contributed by atoms with Gasteiger partial charge < -0.3 is 20.3 Å². The maximum absolute atomic E-state index is 11.5. The number of hydrogen-bond acceptors (Lipinski definition) is 6. The lowest BCUT2D eigenvalue weighted by Crippen LogP contribution is -2.24. The highest BCUT2D eigenvalue weighted by Gasteiger charge is 2.04. The zero-order chi connectivity index (χ0) is 13.5. The SMILES string of the molecule is Nc1cccc(OCCC(=O)NCc2ncon2)c1. The molecule has 1 heterocycles. The number of aromatic nitrogens is 2. The predicted octanol–water partition coefficient (Wildman–Crippen LogP) is 0.737. The number of nitrogens with one attached hydrogen (secondary N) is 1. The molecule has 0 bridgehead atoms. The Hall–Kier alpha value is -2.57. The number of benzene rings is 1. The molecule has 0 aliphatic heterocycles. The fourth-order valence-corrected chi connectivity index (χ4v) is 1.40. The van der Waals surface area contributed by atoms with Crippen LogP contribution in [0.5, 0.6) is 5.75 Å². The van der Waals surface area contributed by atoms with Gasteiger partial charge in [0.25, 0.3) is 0 Å². The number of hydrogen-bond donors (Lipinski definition) is 2. The highest BCUT2D eigenvalue weighted by Crippen LogP contribution is 2.14. The van der Waals surface area contributed by atoms with Crippen LogP contribution in [0.15, 0.2) is 35.2 Å². The fraction of sp³-hybridized carbons (Fsp3) is 0.250. The molecule has 0 saturated carbocycles. The van der Waals surface area contributed by atoms with E-state index >= 15 is 0 Å². The van der Waals surface area contributed by atoms with Crippen molar-refractivity contribution in [3.8, 4) is 5.75 Å². The molecule has 7 nitrogen and oxygen atoms in total. The lowest BCUT2D eigenvalue weighted by molar-refractivity contribution is -0.121. The van der Waals surface area contributed by atoms with Crippen LogP contribution in [0.1, 0.15) is 12.2 Å². The smallest absolute Gasteiger partial charge is 0.223 e. The Bertz CT molecular complexity index is 528. The summed E-state index contributed by atoms with van der Waals surface area (Å²) in [6.07, 6.45) is 1.46. The summed E-state index contributed by atoms with van der Waals surface area (Å²) in [5.41, 5.74) is 6.23. The Kier molecular flexibility index (Phi) is 4.33. The first-order valence-electron chi connectivity index (χ1n) is 5.74. The summed E-state index contributed by atoms with van der Waals surface area (Å²) in [6, 6.07) is 7.05. The molecule has 1 aromatic carbocycles. The van der Waals surface area contributed by atoms with Gasteiger partial charge in [-0.05, 0) is 12.1 Å². The van der Waals surface area contributed by atoms with Crippen molar-refractivity contribution < 1.29 is 14.1 Å². The van der Waals surface area contributed by atoms with Crippen molar-refractivity contribution in [1.29, 1.82) is 0 Å². The van der Waals surface area contributed by atoms with Crippen LogP contribution in [0.4, 0.5) is 5.69 Å². The average Bonchev–Trinajstić information content (AvgIpc) is 2.89. The molecule has 7 heteroatoms. The monoisotopic (exact) mass is 262 g/mol. The van der Waals surface area contributed by atoms with Crippen LogP contribution in [0.25, 0.3) is 0 Å². The predicted molar refractivity (Wildman–Crippen MR) is 67.1 cm³/mol. The Labute approximate surface area is 109 Å². The third-order valence-electron chi connectivity index (χ3n) is 2.31. The molecule has 0 aliphatic rings. The van der Waals surface area contributed by atoms with E-state index in [0.717, 1.165) is 0 Å². The highest BCUT2D eigenvalue weighted by molar-refractivity contribution is 5.75. The average molecular weight is 262 g/mol. The second-order valence-electron chi connectivity index (χ2n) is 3.80. The molecule has 0 fully saturated rings. The molecule has 1 amide bonds. The van der Waals surface area contributed by atoms with Crippen LogP contribution in [0.2, 0.25) is 0 Å². The summed E-state index contributed by atoms with van der Waals surface area (Å²) in [4.78, 5) is 15.3. The molecular formula is C12H14N4O3. The van der Waals surface area contributed by atoms with Gasteiger partial charge in [-0.25, -0.2) is 0 Å². The number of rotatable bonds is 6. The van der Waals surface area contributed by atoms with Crippen molar-refractivity contribution in [2.75, 3.05) is 12.3 Å². The van der Waals surface area contributed by atoms with Gasteiger partial charge >= 0.3 is 0 Å². The number of nitrogen functional groups attached to an aromatic ring is 1. The molecule has 0 radical (unpaired) electrons. The lowest BCUT2D eigenvalue weighted by atomic mass is 10.3. The van der Waals surface area contributed by atoms with Gasteiger partial charge in [0.05, 0.1) is 19.6 Å². The van der Waals surface area contributed by atoms with E-state index in [1.165, 1.54) is 6.39 Å². The van der Waals surface area contributed by atoms with Crippen molar-refractivity contribution in [2.45, 2.75) is 13.0 Å². The second-order valence-corrected chi connectivity index (χ2v) is 3.80. The van der Waals surface area contributed by atoms with Crippen LogP contribution >= 0.6 is 0 Å². The molecular weight excluding hydrogens is 248 g/mol. The summed E-state index contributed by atoms with van der Waals surface area (Å²) in [5.74, 6) is 0.935. The molecule has 2 aromatic rings. The number of carbonyl (C=O) groups excluding carboxylic acids is 1. The van der Waals surface area contributed by atoms with Crippen molar-refractivity contribution in [3.63, 3.8) is 0 Å². The summed E-state index contributed by atoms with van der Waals surface area (Å²) in [6.45, 7) is 0.523. The van der Waals surface area contributed by atoms with Gasteiger partial charge in [-0.15, -0.1) is 0 Å². The summed E-state index contributed by atoms with van der Waals surface area (Å²) in [7, 11) is 0. The minimum absolute atomic E-state index is 0.145. The van der Waals surface area contributed by atoms with E-state index in [2.05, 4.69) is 20.0 Å². The molecule has 100 valence electrons. The summed E-state index contributed by atoms with van der Waals surface area (Å²) < 4.78 is 9.95. The first-order chi connectivity index (χ1) is 9.24. The second kappa shape index (κ2) is 6.39. The molecule has 0 saturated heterocycles. The number of nitrogens with two attached hydrogens (primary N) is 1. The van der Waals surface area contributed by atoms with Crippen LogP contribution in [0, 0.1) is 0 Å². The minimum atomic E-state index is -0.145. The Morgan fingerprint density at radius 3 is 3.11 bits per heavy atom. The first kappa shape index (κ1) is 12.9. The Morgan fingerprint density at radius 1 is 1.47 bits per heavy atom. The molecule has 0 aliphatic carbocycles. The zero-order valence-corrected chi connectivity index (χ0v) is 10.2. The summed E-state index contributed by atoms with van der Waals surface area (Å²) >= 11 is 0. The van der Waals surface area contributed by atoms with E-state index in [1.54, 1.807) is 24.3 Å². The van der Waals surface area contributed by atoms with Crippen molar-refractivity contribution >= 4 is 11.6 Å². The van der Waals surface area contributed by atoms with Gasteiger partial charge in [0, 0.05) is 11.8 Å². The maximum Gasteiger partial charge on any atom is 0.223 e. The van der Waals surface area contributed by atoms with Crippen LogP contribution < -0.4 is 15.8 Å². The number of ether oxygens (including phenoxy) is 1. The van der Waals surface area contributed by atoms with Crippen LogP contribution in [0.3, 0.4) is 0 Å². The third-order valence-corrected chi connectivity index (χ3v) is 2.31. The van der Waals surface area contributed by atoms with E-state index < -0.39 is 0 Å². The third kappa shape index (κ3) is 4.30. The van der Waals surface area contributed by atoms with E-state index in [0.29, 0.717) is 17.3 Å². The number of anilines is 1. The van der Waals surface area contributed by atoms with E-state index in [4.69, 9.17) is 10.5 Å². The quantitative estimate of drug-likeness (QED) is 0.744. The Morgan fingerprint density at radius 2 is 2.37 bits per heavy atom. The number of carbonyl (C=O) groups is 1. The highest BCUT2D eigenvalue weighted by atomic mass is 16.5. The molecule has 0 unspecified atom stereocenters. The van der Waals surface area contributed by atoms with Gasteiger partial charge in [-0.1, -0.05) is 11.2 Å². The van der Waals surface area contributed by atoms with Gasteiger partial charge in [0.2, 0.25) is 12.3 Å². The number of nitrogens with zero attached hydrogens (tertiary/aromatic N) is 2. The maximum atomic E-state index is 11.5. The van der Waals surface area contributed by atoms with E-state index in [9.17, 15) is 4.79 Å². The molecule has 0 atom stereocenters. The topological polar surface area (TPSA) is 103 Å². The van der Waals surface area contributed by atoms with Gasteiger partial charge in [-0.3, -0.25) is 4.79 Å². The van der Waals surface area contributed by atoms with Crippen molar-refractivity contribution in [2.24, 2.45) is 0 Å². The molecule has 19 heavy (non-hydrogen) atoms.